The molecule has 156 valence electrons. The van der Waals surface area contributed by atoms with Crippen molar-refractivity contribution in [3.63, 3.8) is 0 Å². The van der Waals surface area contributed by atoms with Gasteiger partial charge in [-0.1, -0.05) is 55.4 Å². The van der Waals surface area contributed by atoms with Crippen LogP contribution in [0.15, 0.2) is 0 Å². The topological polar surface area (TPSA) is 35.5 Å². The fourth-order valence-electron chi connectivity index (χ4n) is 2.17. The van der Waals surface area contributed by atoms with E-state index in [0.717, 1.165) is 25.7 Å². The summed E-state index contributed by atoms with van der Waals surface area (Å²) in [6, 6.07) is 0. The van der Waals surface area contributed by atoms with E-state index in [1.807, 2.05) is 6.92 Å². The fraction of sp³-hybridized carbons (Fsp3) is 0.952. The molecule has 0 bridgehead atoms. The SMILES string of the molecule is C[C@H](CC[C@H](O[Si](C)(C)C(C)(C)C)[C@@H](C)C=O)CO[Si](C)(C)C(C)(C)C. The summed E-state index contributed by atoms with van der Waals surface area (Å²) in [5.41, 5.74) is 0. The summed E-state index contributed by atoms with van der Waals surface area (Å²) in [6.07, 6.45) is 3.03. The summed E-state index contributed by atoms with van der Waals surface area (Å²) >= 11 is 0. The monoisotopic (exact) mass is 402 g/mol. The van der Waals surface area contributed by atoms with Crippen LogP contribution < -0.4 is 0 Å². The van der Waals surface area contributed by atoms with Crippen LogP contribution in [0.2, 0.25) is 36.3 Å². The minimum absolute atomic E-state index is 0.0173. The second-order valence-electron chi connectivity index (χ2n) is 11.2. The van der Waals surface area contributed by atoms with E-state index in [2.05, 4.69) is 74.7 Å². The molecule has 3 nitrogen and oxygen atoms in total. The highest BCUT2D eigenvalue weighted by Gasteiger charge is 2.40. The molecule has 3 atom stereocenters. The summed E-state index contributed by atoms with van der Waals surface area (Å²) < 4.78 is 12.9. The lowest BCUT2D eigenvalue weighted by atomic mass is 9.97. The highest BCUT2D eigenvalue weighted by Crippen LogP contribution is 2.39. The van der Waals surface area contributed by atoms with Gasteiger partial charge in [-0.05, 0) is 55.0 Å². The lowest BCUT2D eigenvalue weighted by Crippen LogP contribution is -2.46. The van der Waals surface area contributed by atoms with Crippen molar-refractivity contribution in [2.45, 2.75) is 111 Å². The van der Waals surface area contributed by atoms with E-state index in [1.54, 1.807) is 0 Å². The maximum Gasteiger partial charge on any atom is 0.192 e. The van der Waals surface area contributed by atoms with Crippen LogP contribution in [0.25, 0.3) is 0 Å². The maximum absolute atomic E-state index is 11.4. The first-order valence-corrected chi connectivity index (χ1v) is 16.0. The first-order valence-electron chi connectivity index (χ1n) is 10.2. The fourth-order valence-corrected chi connectivity index (χ4v) is 4.75. The Labute approximate surface area is 165 Å². The molecule has 0 fully saturated rings. The van der Waals surface area contributed by atoms with Crippen LogP contribution in [-0.4, -0.2) is 35.6 Å². The van der Waals surface area contributed by atoms with Crippen molar-refractivity contribution in [1.29, 1.82) is 0 Å². The van der Waals surface area contributed by atoms with Crippen molar-refractivity contribution >= 4 is 22.9 Å². The Morgan fingerprint density at radius 1 is 0.846 bits per heavy atom. The van der Waals surface area contributed by atoms with Crippen molar-refractivity contribution in [1.82, 2.24) is 0 Å². The summed E-state index contributed by atoms with van der Waals surface area (Å²) in [4.78, 5) is 11.4. The summed E-state index contributed by atoms with van der Waals surface area (Å²) in [5.74, 6) is 0.422. The molecule has 0 amide bonds. The van der Waals surface area contributed by atoms with Gasteiger partial charge in [-0.15, -0.1) is 0 Å². The molecule has 0 aliphatic carbocycles. The molecule has 0 aliphatic rings. The highest BCUT2D eigenvalue weighted by molar-refractivity contribution is 6.74. The molecule has 26 heavy (non-hydrogen) atoms. The van der Waals surface area contributed by atoms with Crippen molar-refractivity contribution in [2.75, 3.05) is 6.61 Å². The minimum atomic E-state index is -1.88. The summed E-state index contributed by atoms with van der Waals surface area (Å²) in [5, 5.41) is 0.400. The first-order chi connectivity index (χ1) is 11.4. The zero-order valence-electron chi connectivity index (χ0n) is 19.7. The largest absolute Gasteiger partial charge is 0.417 e. The molecule has 0 heterocycles. The minimum Gasteiger partial charge on any atom is -0.417 e. The van der Waals surface area contributed by atoms with E-state index in [-0.39, 0.29) is 22.1 Å². The van der Waals surface area contributed by atoms with E-state index in [4.69, 9.17) is 8.85 Å². The average Bonchev–Trinajstić information content (AvgIpc) is 2.46. The van der Waals surface area contributed by atoms with Crippen molar-refractivity contribution in [3.8, 4) is 0 Å². The third kappa shape index (κ3) is 7.95. The van der Waals surface area contributed by atoms with Crippen LogP contribution in [0, 0.1) is 11.8 Å². The predicted molar refractivity (Wildman–Crippen MR) is 119 cm³/mol. The van der Waals surface area contributed by atoms with E-state index in [0.29, 0.717) is 5.92 Å². The first kappa shape index (κ1) is 26.0. The van der Waals surface area contributed by atoms with Crippen molar-refractivity contribution in [3.05, 3.63) is 0 Å². The second kappa shape index (κ2) is 9.48. The molecule has 0 aliphatic heterocycles. The molecule has 0 N–H and O–H groups in total. The van der Waals surface area contributed by atoms with Gasteiger partial charge in [0.05, 0.1) is 6.10 Å². The Balaban J connectivity index is 4.79. The molecule has 0 radical (unpaired) electrons. The van der Waals surface area contributed by atoms with Gasteiger partial charge in [-0.2, -0.15) is 0 Å². The number of hydrogen-bond donors (Lipinski definition) is 0. The van der Waals surface area contributed by atoms with Gasteiger partial charge in [-0.3, -0.25) is 0 Å². The number of carbonyl (C=O) groups excluding carboxylic acids is 1. The predicted octanol–water partition coefficient (Wildman–Crippen LogP) is 6.65. The molecule has 0 saturated carbocycles. The quantitative estimate of drug-likeness (QED) is 0.303. The Kier molecular flexibility index (Phi) is 9.49. The Bertz CT molecular complexity index is 434. The maximum atomic E-state index is 11.4. The highest BCUT2D eigenvalue weighted by atomic mass is 28.4. The molecular formula is C21H46O3Si2. The van der Waals surface area contributed by atoms with Crippen LogP contribution in [-0.2, 0) is 13.6 Å². The molecule has 0 spiro atoms. The van der Waals surface area contributed by atoms with Gasteiger partial charge in [-0.25, -0.2) is 0 Å². The average molecular weight is 403 g/mol. The number of carbonyl (C=O) groups is 1. The lowest BCUT2D eigenvalue weighted by molar-refractivity contribution is -0.113. The van der Waals surface area contributed by atoms with Gasteiger partial charge in [0, 0.05) is 12.5 Å². The lowest BCUT2D eigenvalue weighted by Gasteiger charge is -2.40. The van der Waals surface area contributed by atoms with Crippen LogP contribution >= 0.6 is 0 Å². The Hall–Kier alpha value is 0.0238. The smallest absolute Gasteiger partial charge is 0.192 e. The second-order valence-corrected chi connectivity index (χ2v) is 20.7. The molecule has 0 aromatic carbocycles. The normalized spacial score (nSPS) is 17.7. The van der Waals surface area contributed by atoms with Crippen molar-refractivity contribution < 1.29 is 13.6 Å². The van der Waals surface area contributed by atoms with E-state index in [1.165, 1.54) is 0 Å². The van der Waals surface area contributed by atoms with Gasteiger partial charge in [0.1, 0.15) is 6.29 Å². The van der Waals surface area contributed by atoms with E-state index < -0.39 is 16.6 Å². The van der Waals surface area contributed by atoms with E-state index in [9.17, 15) is 4.79 Å². The van der Waals surface area contributed by atoms with Gasteiger partial charge in [0.15, 0.2) is 16.6 Å². The van der Waals surface area contributed by atoms with Gasteiger partial charge >= 0.3 is 0 Å². The zero-order valence-corrected chi connectivity index (χ0v) is 21.7. The number of rotatable bonds is 10. The molecule has 0 aromatic rings. The van der Waals surface area contributed by atoms with Crippen LogP contribution in [0.3, 0.4) is 0 Å². The van der Waals surface area contributed by atoms with Crippen LogP contribution in [0.5, 0.6) is 0 Å². The van der Waals surface area contributed by atoms with Gasteiger partial charge in [0.2, 0.25) is 0 Å². The summed E-state index contributed by atoms with van der Waals surface area (Å²) in [7, 11) is -3.57. The summed E-state index contributed by atoms with van der Waals surface area (Å²) in [6.45, 7) is 27.8. The van der Waals surface area contributed by atoms with Gasteiger partial charge in [0.25, 0.3) is 0 Å². The third-order valence-corrected chi connectivity index (χ3v) is 15.5. The van der Waals surface area contributed by atoms with E-state index >= 15 is 0 Å². The number of aldehydes is 1. The molecule has 0 saturated heterocycles. The molecule has 0 aromatic heterocycles. The Morgan fingerprint density at radius 2 is 1.31 bits per heavy atom. The Morgan fingerprint density at radius 3 is 1.69 bits per heavy atom. The van der Waals surface area contributed by atoms with Crippen LogP contribution in [0.1, 0.15) is 68.2 Å². The third-order valence-electron chi connectivity index (χ3n) is 6.53. The molecule has 0 unspecified atom stereocenters. The molecule has 5 heteroatoms. The van der Waals surface area contributed by atoms with Gasteiger partial charge < -0.3 is 13.6 Å². The standard InChI is InChI=1S/C21H46O3Si2/c1-17(16-23-25(9,10)20(3,4)5)13-14-19(18(2)15-22)24-26(11,12)21(6,7)8/h15,17-19H,13-14,16H2,1-12H3/t17-,18+,19+/m1/s1. The zero-order chi connectivity index (χ0) is 21.0. The number of hydrogen-bond acceptors (Lipinski definition) is 3. The molecule has 0 rings (SSSR count). The van der Waals surface area contributed by atoms with Crippen LogP contribution in [0.4, 0.5) is 0 Å². The molecular weight excluding hydrogens is 356 g/mol. The van der Waals surface area contributed by atoms with Crippen molar-refractivity contribution in [2.24, 2.45) is 11.8 Å².